The van der Waals surface area contributed by atoms with Crippen LogP contribution in [0.15, 0.2) is 82.7 Å². The molecule has 3 heterocycles. The maximum absolute atomic E-state index is 13.8. The number of aromatic nitrogens is 1. The largest absolute Gasteiger partial charge is 0.372 e. The molecule has 1 fully saturated rings. The standard InChI is InChI=1S/C27H30N2O3S.C2H6/c1-18-15-16-22(28-17-18)29-24(30)23(26(2,3)25(29)31)32-33(19-11-7-6-8-12-19)21-14-10-9-13-20(21)27(33,4)5;1-2/h6-17,23,25,31H,1-5H3;1-2H3. The van der Waals surface area contributed by atoms with Gasteiger partial charge in [-0.3, -0.25) is 9.69 Å². The van der Waals surface area contributed by atoms with Crippen molar-refractivity contribution in [3.05, 3.63) is 84.1 Å². The van der Waals surface area contributed by atoms with E-state index in [2.05, 4.69) is 43.1 Å². The highest BCUT2D eigenvalue weighted by Crippen LogP contribution is 2.84. The predicted molar refractivity (Wildman–Crippen MR) is 143 cm³/mol. The predicted octanol–water partition coefficient (Wildman–Crippen LogP) is 6.58. The van der Waals surface area contributed by atoms with Crippen molar-refractivity contribution in [3.63, 3.8) is 0 Å². The molecule has 0 radical (unpaired) electrons. The van der Waals surface area contributed by atoms with E-state index < -0.39 is 28.1 Å². The molecule has 0 spiro atoms. The van der Waals surface area contributed by atoms with Crippen molar-refractivity contribution >= 4 is 22.0 Å². The highest BCUT2D eigenvalue weighted by Gasteiger charge is 2.63. The van der Waals surface area contributed by atoms with Crippen molar-refractivity contribution in [1.29, 1.82) is 0 Å². The Morgan fingerprint density at radius 2 is 1.57 bits per heavy atom. The van der Waals surface area contributed by atoms with E-state index in [1.807, 2.05) is 71.0 Å². The fourth-order valence-electron chi connectivity index (χ4n) is 5.04. The molecule has 1 saturated heterocycles. The molecule has 5 nitrogen and oxygen atoms in total. The summed E-state index contributed by atoms with van der Waals surface area (Å²) in [5.74, 6) is 0.182. The minimum absolute atomic E-state index is 0.258. The van der Waals surface area contributed by atoms with E-state index in [1.54, 1.807) is 12.3 Å². The summed E-state index contributed by atoms with van der Waals surface area (Å²) >= 11 is 0. The molecule has 3 atom stereocenters. The molecule has 2 aromatic carbocycles. The van der Waals surface area contributed by atoms with Gasteiger partial charge in [0, 0.05) is 21.4 Å². The van der Waals surface area contributed by atoms with Gasteiger partial charge in [-0.05, 0) is 56.2 Å². The number of carbonyl (C=O) groups excluding carboxylic acids is 1. The third-order valence-corrected chi connectivity index (χ3v) is 11.1. The molecule has 186 valence electrons. The minimum atomic E-state index is -2.01. The van der Waals surface area contributed by atoms with Crippen LogP contribution in [0.3, 0.4) is 0 Å². The number of hydrogen-bond acceptors (Lipinski definition) is 4. The van der Waals surface area contributed by atoms with Gasteiger partial charge in [0.05, 0.1) is 4.75 Å². The van der Waals surface area contributed by atoms with Crippen LogP contribution in [0.1, 0.15) is 52.7 Å². The van der Waals surface area contributed by atoms with Crippen LogP contribution in [0, 0.1) is 12.3 Å². The van der Waals surface area contributed by atoms with Crippen LogP contribution in [0.2, 0.25) is 0 Å². The second-order valence-electron chi connectivity index (χ2n) is 9.95. The molecular formula is C29H36N2O3S. The van der Waals surface area contributed by atoms with Crippen LogP contribution < -0.4 is 4.90 Å². The van der Waals surface area contributed by atoms with E-state index >= 15 is 0 Å². The highest BCUT2D eigenvalue weighted by atomic mass is 32.3. The number of fused-ring (bicyclic) bond motifs is 1. The molecule has 2 aliphatic heterocycles. The number of carbonyl (C=O) groups is 1. The van der Waals surface area contributed by atoms with E-state index in [4.69, 9.17) is 4.18 Å². The van der Waals surface area contributed by atoms with Gasteiger partial charge in [0.15, 0.2) is 6.10 Å². The molecule has 35 heavy (non-hydrogen) atoms. The molecule has 1 N–H and O–H groups in total. The lowest BCUT2D eigenvalue weighted by Gasteiger charge is -2.62. The Hall–Kier alpha value is -2.67. The zero-order chi connectivity index (χ0) is 25.6. The fraction of sp³-hybridized carbons (Fsp3) is 0.379. The smallest absolute Gasteiger partial charge is 0.261 e. The number of amides is 1. The zero-order valence-corrected chi connectivity index (χ0v) is 22.5. The second-order valence-corrected chi connectivity index (χ2v) is 13.2. The second kappa shape index (κ2) is 9.08. The molecule has 0 aliphatic carbocycles. The Morgan fingerprint density at radius 3 is 2.20 bits per heavy atom. The van der Waals surface area contributed by atoms with Gasteiger partial charge in [-0.25, -0.2) is 4.98 Å². The molecule has 3 aromatic rings. The van der Waals surface area contributed by atoms with Crippen LogP contribution in [0.25, 0.3) is 0 Å². The van der Waals surface area contributed by atoms with E-state index in [-0.39, 0.29) is 10.7 Å². The number of nitrogens with zero attached hydrogens (tertiary/aromatic N) is 2. The Morgan fingerprint density at radius 1 is 0.943 bits per heavy atom. The van der Waals surface area contributed by atoms with Crippen LogP contribution >= 0.6 is 10.3 Å². The Labute approximate surface area is 210 Å². The molecule has 1 aromatic heterocycles. The number of aliphatic hydroxyl groups excluding tert-OH is 1. The normalized spacial score (nSPS) is 27.7. The van der Waals surface area contributed by atoms with Gasteiger partial charge in [-0.15, -0.1) is 0 Å². The van der Waals surface area contributed by atoms with Gasteiger partial charge < -0.3 is 9.29 Å². The molecule has 1 amide bonds. The monoisotopic (exact) mass is 492 g/mol. The number of aryl methyl sites for hydroxylation is 1. The zero-order valence-electron chi connectivity index (χ0n) is 21.6. The maximum atomic E-state index is 13.8. The highest BCUT2D eigenvalue weighted by molar-refractivity contribution is 8.31. The third-order valence-electron chi connectivity index (χ3n) is 7.07. The number of anilines is 1. The average molecular weight is 493 g/mol. The lowest BCUT2D eigenvalue weighted by molar-refractivity contribution is -0.125. The minimum Gasteiger partial charge on any atom is -0.372 e. The first kappa shape index (κ1) is 25.4. The van der Waals surface area contributed by atoms with Crippen LogP contribution in [0.5, 0.6) is 0 Å². The SMILES string of the molecule is CC.Cc1ccc(N2C(=O)C(OS3(c4ccccc4)c4ccccc4C3(C)C)C(C)(C)C2O)nc1. The number of pyridine rings is 1. The van der Waals surface area contributed by atoms with Gasteiger partial charge in [-0.1, -0.05) is 80.5 Å². The molecule has 5 rings (SSSR count). The van der Waals surface area contributed by atoms with Crippen molar-refractivity contribution in [2.75, 3.05) is 4.90 Å². The van der Waals surface area contributed by atoms with Crippen molar-refractivity contribution < 1.29 is 14.1 Å². The van der Waals surface area contributed by atoms with Gasteiger partial charge in [-0.2, -0.15) is 0 Å². The van der Waals surface area contributed by atoms with E-state index in [9.17, 15) is 9.90 Å². The summed E-state index contributed by atoms with van der Waals surface area (Å²) in [5.41, 5.74) is 1.40. The molecule has 2 aliphatic rings. The van der Waals surface area contributed by atoms with Gasteiger partial charge >= 0.3 is 0 Å². The summed E-state index contributed by atoms with van der Waals surface area (Å²) in [6, 6.07) is 22.2. The fourth-order valence-corrected chi connectivity index (χ4v) is 9.29. The first-order chi connectivity index (χ1) is 16.6. The summed E-state index contributed by atoms with van der Waals surface area (Å²) in [4.78, 5) is 21.8. The van der Waals surface area contributed by atoms with E-state index in [0.29, 0.717) is 5.82 Å². The molecule has 6 heteroatoms. The number of rotatable bonds is 4. The van der Waals surface area contributed by atoms with Gasteiger partial charge in [0.2, 0.25) is 0 Å². The third kappa shape index (κ3) is 3.62. The Bertz CT molecular complexity index is 1210. The quantitative estimate of drug-likeness (QED) is 0.447. The van der Waals surface area contributed by atoms with Crippen molar-refractivity contribution in [3.8, 4) is 0 Å². The summed E-state index contributed by atoms with van der Waals surface area (Å²) in [5, 5.41) is 11.3. The topological polar surface area (TPSA) is 62.7 Å². The van der Waals surface area contributed by atoms with Gasteiger partial charge in [0.25, 0.3) is 5.91 Å². The van der Waals surface area contributed by atoms with Crippen LogP contribution in [-0.4, -0.2) is 28.3 Å². The lowest BCUT2D eigenvalue weighted by Crippen LogP contribution is -2.45. The van der Waals surface area contributed by atoms with E-state index in [1.165, 1.54) is 10.5 Å². The molecule has 0 bridgehead atoms. The lowest BCUT2D eigenvalue weighted by atomic mass is 9.88. The Balaban J connectivity index is 0.00000141. The first-order valence-corrected chi connectivity index (χ1v) is 13.8. The number of benzene rings is 2. The molecule has 3 unspecified atom stereocenters. The summed E-state index contributed by atoms with van der Waals surface area (Å²) in [6.07, 6.45) is -0.160. The summed E-state index contributed by atoms with van der Waals surface area (Å²) in [6.45, 7) is 14.1. The average Bonchev–Trinajstić information content (AvgIpc) is 3.03. The number of hydrogen-bond donors (Lipinski definition) is 1. The van der Waals surface area contributed by atoms with Crippen LogP contribution in [0.4, 0.5) is 5.82 Å². The summed E-state index contributed by atoms with van der Waals surface area (Å²) < 4.78 is 6.75. The van der Waals surface area contributed by atoms with Crippen LogP contribution in [-0.2, 0) is 13.7 Å². The Kier molecular flexibility index (Phi) is 6.60. The molecular weight excluding hydrogens is 456 g/mol. The van der Waals surface area contributed by atoms with E-state index in [0.717, 1.165) is 15.4 Å². The molecule has 0 saturated carbocycles. The number of aliphatic hydroxyl groups is 1. The van der Waals surface area contributed by atoms with Crippen molar-refractivity contribution in [2.45, 2.75) is 75.3 Å². The maximum Gasteiger partial charge on any atom is 0.261 e. The van der Waals surface area contributed by atoms with Gasteiger partial charge in [0.1, 0.15) is 12.0 Å². The van der Waals surface area contributed by atoms with Crippen molar-refractivity contribution in [1.82, 2.24) is 4.98 Å². The van der Waals surface area contributed by atoms with Crippen molar-refractivity contribution in [2.24, 2.45) is 5.41 Å². The summed E-state index contributed by atoms with van der Waals surface area (Å²) in [7, 11) is -2.01. The first-order valence-electron chi connectivity index (χ1n) is 12.2.